The summed E-state index contributed by atoms with van der Waals surface area (Å²) in [5, 5.41) is 0. The summed E-state index contributed by atoms with van der Waals surface area (Å²) >= 11 is 0. The SMILES string of the molecule is C=C.C=C1C=C[C@@]2(C)C(=C1)CCC1C2=CCC2(C)C1CC[C@@H]2C(=C)CC. The standard InChI is InChI=1S/C24H32.C2H4/c1-6-17(3)20-9-10-21-19-8-7-18-15-16(2)11-13-23(18,4)22(19)12-14-24(20,21)5;1-2/h11-13,15,19-21H,2-3,6-10,14H2,1,4-5H3;1-2H2/t19?,20-,21?,23+,24?;/m1./s1. The Morgan fingerprint density at radius 2 is 1.92 bits per heavy atom. The van der Waals surface area contributed by atoms with Crippen LogP contribution < -0.4 is 0 Å². The second kappa shape index (κ2) is 6.87. The molecule has 2 fully saturated rings. The van der Waals surface area contributed by atoms with E-state index in [4.69, 9.17) is 0 Å². The molecule has 2 saturated carbocycles. The molecule has 0 amide bonds. The Hall–Kier alpha value is -1.56. The van der Waals surface area contributed by atoms with Crippen molar-refractivity contribution in [3.63, 3.8) is 0 Å². The van der Waals surface area contributed by atoms with Crippen LogP contribution in [-0.4, -0.2) is 0 Å². The maximum atomic E-state index is 4.43. The first-order valence-corrected chi connectivity index (χ1v) is 10.4. The van der Waals surface area contributed by atoms with Crippen LogP contribution in [-0.2, 0) is 0 Å². The minimum absolute atomic E-state index is 0.158. The maximum absolute atomic E-state index is 4.43. The van der Waals surface area contributed by atoms with Gasteiger partial charge in [0, 0.05) is 5.41 Å². The molecule has 4 aliphatic carbocycles. The number of fused-ring (bicyclic) bond motifs is 5. The second-order valence-electron chi connectivity index (χ2n) is 9.04. The lowest BCUT2D eigenvalue weighted by Crippen LogP contribution is -2.43. The first kappa shape index (κ1) is 19.2. The van der Waals surface area contributed by atoms with Crippen LogP contribution >= 0.6 is 0 Å². The minimum Gasteiger partial charge on any atom is -0.106 e. The molecular formula is C26H36. The summed E-state index contributed by atoms with van der Waals surface area (Å²) in [5.41, 5.74) is 6.57. The van der Waals surface area contributed by atoms with E-state index >= 15 is 0 Å². The lowest BCUT2D eigenvalue weighted by molar-refractivity contribution is 0.104. The summed E-state index contributed by atoms with van der Waals surface area (Å²) < 4.78 is 0. The molecule has 0 bridgehead atoms. The number of hydrogen-bond acceptors (Lipinski definition) is 0. The van der Waals surface area contributed by atoms with Gasteiger partial charge in [-0.3, -0.25) is 0 Å². The lowest BCUT2D eigenvalue weighted by Gasteiger charge is -2.52. The molecule has 0 aromatic rings. The number of allylic oxidation sites excluding steroid dienone is 8. The fraction of sp³-hybridized carbons (Fsp3) is 0.538. The smallest absolute Gasteiger partial charge is 0.0281 e. The van der Waals surface area contributed by atoms with Crippen LogP contribution in [0.3, 0.4) is 0 Å². The first-order chi connectivity index (χ1) is 12.4. The average Bonchev–Trinajstić information content (AvgIpc) is 3.00. The van der Waals surface area contributed by atoms with Crippen molar-refractivity contribution in [1.29, 1.82) is 0 Å². The molecule has 0 aliphatic heterocycles. The monoisotopic (exact) mass is 348 g/mol. The molecule has 0 N–H and O–H groups in total. The summed E-state index contributed by atoms with van der Waals surface area (Å²) in [4.78, 5) is 0. The van der Waals surface area contributed by atoms with Crippen molar-refractivity contribution in [1.82, 2.24) is 0 Å². The van der Waals surface area contributed by atoms with Gasteiger partial charge in [-0.15, -0.1) is 13.2 Å². The third-order valence-corrected chi connectivity index (χ3v) is 7.99. The minimum atomic E-state index is 0.158. The van der Waals surface area contributed by atoms with Crippen LogP contribution in [0.4, 0.5) is 0 Å². The van der Waals surface area contributed by atoms with Gasteiger partial charge in [-0.05, 0) is 74.2 Å². The predicted octanol–water partition coefficient (Wildman–Crippen LogP) is 7.59. The van der Waals surface area contributed by atoms with Crippen LogP contribution in [0.1, 0.15) is 59.3 Å². The van der Waals surface area contributed by atoms with E-state index < -0.39 is 0 Å². The lowest BCUT2D eigenvalue weighted by atomic mass is 9.52. The van der Waals surface area contributed by atoms with Gasteiger partial charge in [0.05, 0.1) is 0 Å². The Balaban J connectivity index is 0.000000948. The maximum Gasteiger partial charge on any atom is 0.0281 e. The van der Waals surface area contributed by atoms with Gasteiger partial charge in [0.15, 0.2) is 0 Å². The normalized spacial score (nSPS) is 40.3. The van der Waals surface area contributed by atoms with Crippen LogP contribution in [0.25, 0.3) is 0 Å². The Labute approximate surface area is 161 Å². The van der Waals surface area contributed by atoms with Gasteiger partial charge in [0.25, 0.3) is 0 Å². The van der Waals surface area contributed by atoms with Gasteiger partial charge < -0.3 is 0 Å². The Bertz CT molecular complexity index is 700. The van der Waals surface area contributed by atoms with Crippen LogP contribution in [0.2, 0.25) is 0 Å². The molecule has 5 atom stereocenters. The quantitative estimate of drug-likeness (QED) is 0.451. The highest BCUT2D eigenvalue weighted by atomic mass is 14.6. The summed E-state index contributed by atoms with van der Waals surface area (Å²) in [6, 6.07) is 0. The van der Waals surface area contributed by atoms with E-state index in [1.165, 1.54) is 43.3 Å². The van der Waals surface area contributed by atoms with Crippen LogP contribution in [0, 0.1) is 28.6 Å². The molecule has 26 heavy (non-hydrogen) atoms. The zero-order valence-corrected chi connectivity index (χ0v) is 17.1. The van der Waals surface area contributed by atoms with Crippen molar-refractivity contribution < 1.29 is 0 Å². The molecule has 0 saturated heterocycles. The topological polar surface area (TPSA) is 0 Å². The number of hydrogen-bond donors (Lipinski definition) is 0. The molecule has 0 nitrogen and oxygen atoms in total. The summed E-state index contributed by atoms with van der Waals surface area (Å²) in [6.45, 7) is 21.9. The summed E-state index contributed by atoms with van der Waals surface area (Å²) in [7, 11) is 0. The van der Waals surface area contributed by atoms with Gasteiger partial charge in [-0.1, -0.05) is 68.0 Å². The molecule has 0 heteroatoms. The van der Waals surface area contributed by atoms with Crippen molar-refractivity contribution in [2.75, 3.05) is 0 Å². The van der Waals surface area contributed by atoms with E-state index in [1.54, 1.807) is 11.1 Å². The molecule has 0 radical (unpaired) electrons. The molecule has 0 heterocycles. The fourth-order valence-electron chi connectivity index (χ4n) is 6.51. The van der Waals surface area contributed by atoms with E-state index in [2.05, 4.69) is 71.4 Å². The van der Waals surface area contributed by atoms with Gasteiger partial charge in [-0.25, -0.2) is 0 Å². The largest absolute Gasteiger partial charge is 0.106 e. The molecule has 0 aromatic carbocycles. The Morgan fingerprint density at radius 1 is 1.19 bits per heavy atom. The second-order valence-corrected chi connectivity index (χ2v) is 9.04. The molecule has 4 aliphatic rings. The Morgan fingerprint density at radius 3 is 2.62 bits per heavy atom. The van der Waals surface area contributed by atoms with E-state index in [-0.39, 0.29) is 5.41 Å². The van der Waals surface area contributed by atoms with Crippen molar-refractivity contribution in [2.45, 2.75) is 59.3 Å². The highest BCUT2D eigenvalue weighted by molar-refractivity contribution is 5.50. The zero-order chi connectivity index (χ0) is 19.1. The van der Waals surface area contributed by atoms with E-state index in [9.17, 15) is 0 Å². The van der Waals surface area contributed by atoms with Gasteiger partial charge in [-0.2, -0.15) is 0 Å². The highest BCUT2D eigenvalue weighted by Gasteiger charge is 2.55. The van der Waals surface area contributed by atoms with Crippen molar-refractivity contribution in [2.24, 2.45) is 28.6 Å². The zero-order valence-electron chi connectivity index (χ0n) is 17.1. The van der Waals surface area contributed by atoms with Crippen LogP contribution in [0.15, 0.2) is 72.9 Å². The van der Waals surface area contributed by atoms with Crippen molar-refractivity contribution >= 4 is 0 Å². The molecule has 3 unspecified atom stereocenters. The van der Waals surface area contributed by atoms with Gasteiger partial charge >= 0.3 is 0 Å². The third-order valence-electron chi connectivity index (χ3n) is 7.99. The molecule has 0 aromatic heterocycles. The van der Waals surface area contributed by atoms with E-state index in [0.29, 0.717) is 5.41 Å². The average molecular weight is 349 g/mol. The highest BCUT2D eigenvalue weighted by Crippen LogP contribution is 2.65. The van der Waals surface area contributed by atoms with Gasteiger partial charge in [0.1, 0.15) is 0 Å². The van der Waals surface area contributed by atoms with Crippen molar-refractivity contribution in [3.8, 4) is 0 Å². The fourth-order valence-corrected chi connectivity index (χ4v) is 6.51. The molecule has 4 rings (SSSR count). The third kappa shape index (κ3) is 2.65. The molecular weight excluding hydrogens is 312 g/mol. The van der Waals surface area contributed by atoms with E-state index in [0.717, 1.165) is 24.2 Å². The predicted molar refractivity (Wildman–Crippen MR) is 115 cm³/mol. The summed E-state index contributed by atoms with van der Waals surface area (Å²) in [5.74, 6) is 2.36. The van der Waals surface area contributed by atoms with E-state index in [1.807, 2.05) is 0 Å². The molecule has 0 spiro atoms. The molecule has 140 valence electrons. The van der Waals surface area contributed by atoms with Crippen LogP contribution in [0.5, 0.6) is 0 Å². The summed E-state index contributed by atoms with van der Waals surface area (Å²) in [6.07, 6.45) is 17.4. The first-order valence-electron chi connectivity index (χ1n) is 10.4. The Kier molecular flexibility index (Phi) is 5.08. The number of rotatable bonds is 2. The van der Waals surface area contributed by atoms with Gasteiger partial charge in [0.2, 0.25) is 0 Å². The van der Waals surface area contributed by atoms with Crippen molar-refractivity contribution in [3.05, 3.63) is 72.9 Å².